The predicted octanol–water partition coefficient (Wildman–Crippen LogP) is 3.12. The first-order valence-corrected chi connectivity index (χ1v) is 9.66. The monoisotopic (exact) mass is 345 g/mol. The number of nitrogens with one attached hydrogen (secondary N) is 1. The normalized spacial score (nSPS) is 26.2. The number of hydrogen-bond donors (Lipinski definition) is 1. The van der Waals surface area contributed by atoms with Crippen molar-refractivity contribution in [2.75, 3.05) is 19.6 Å². The van der Waals surface area contributed by atoms with Crippen LogP contribution in [0.2, 0.25) is 0 Å². The molecule has 2 aliphatic rings. The van der Waals surface area contributed by atoms with Crippen LogP contribution in [0.1, 0.15) is 23.2 Å². The van der Waals surface area contributed by atoms with Crippen molar-refractivity contribution in [1.29, 1.82) is 0 Å². The number of carbonyl (C=O) groups is 1. The lowest BCUT2D eigenvalue weighted by atomic mass is 9.96. The van der Waals surface area contributed by atoms with Crippen LogP contribution in [0.5, 0.6) is 0 Å². The Balaban J connectivity index is 1.36. The lowest BCUT2D eigenvalue weighted by Gasteiger charge is -2.30. The highest BCUT2D eigenvalue weighted by Gasteiger charge is 2.32. The molecule has 6 heteroatoms. The van der Waals surface area contributed by atoms with E-state index in [0.29, 0.717) is 6.04 Å². The fourth-order valence-electron chi connectivity index (χ4n) is 3.47. The molecule has 3 heterocycles. The SMILES string of the molecule is O=C(N[C@@H]1C[C@H]2CCN(C2)C1)c1ccc(Sc2nccs2)cc1. The third kappa shape index (κ3) is 3.59. The summed E-state index contributed by atoms with van der Waals surface area (Å²) in [4.78, 5) is 20.3. The first kappa shape index (κ1) is 15.2. The molecule has 4 nitrogen and oxygen atoms in total. The molecule has 0 spiro atoms. The van der Waals surface area contributed by atoms with E-state index in [-0.39, 0.29) is 5.91 Å². The van der Waals surface area contributed by atoms with Crippen LogP contribution < -0.4 is 5.32 Å². The number of carbonyl (C=O) groups excluding carboxylic acids is 1. The Labute approximate surface area is 144 Å². The van der Waals surface area contributed by atoms with E-state index >= 15 is 0 Å². The minimum Gasteiger partial charge on any atom is -0.348 e. The topological polar surface area (TPSA) is 45.2 Å². The molecule has 1 aromatic heterocycles. The Bertz CT molecular complexity index is 660. The molecule has 0 radical (unpaired) electrons. The molecule has 2 bridgehead atoms. The number of hydrogen-bond acceptors (Lipinski definition) is 5. The van der Waals surface area contributed by atoms with Gasteiger partial charge in [0.25, 0.3) is 5.91 Å². The summed E-state index contributed by atoms with van der Waals surface area (Å²) in [5.41, 5.74) is 0.737. The number of fused-ring (bicyclic) bond motifs is 2. The van der Waals surface area contributed by atoms with Crippen molar-refractivity contribution < 1.29 is 4.79 Å². The maximum Gasteiger partial charge on any atom is 0.251 e. The predicted molar refractivity (Wildman–Crippen MR) is 93.1 cm³/mol. The van der Waals surface area contributed by atoms with Crippen molar-refractivity contribution in [2.45, 2.75) is 28.1 Å². The summed E-state index contributed by atoms with van der Waals surface area (Å²) in [5.74, 6) is 0.814. The Kier molecular flexibility index (Phi) is 4.37. The van der Waals surface area contributed by atoms with Crippen molar-refractivity contribution >= 4 is 29.0 Å². The van der Waals surface area contributed by atoms with Gasteiger partial charge in [0.05, 0.1) is 0 Å². The Morgan fingerprint density at radius 1 is 1.30 bits per heavy atom. The number of piperidine rings is 1. The molecule has 0 aliphatic carbocycles. The molecule has 2 saturated heterocycles. The minimum atomic E-state index is 0.0447. The zero-order valence-corrected chi connectivity index (χ0v) is 14.4. The molecule has 0 saturated carbocycles. The number of thiazole rings is 1. The average Bonchev–Trinajstić information content (AvgIpc) is 3.18. The second-order valence-electron chi connectivity index (χ2n) is 6.24. The van der Waals surface area contributed by atoms with Crippen molar-refractivity contribution in [3.63, 3.8) is 0 Å². The molecular weight excluding hydrogens is 326 g/mol. The fourth-order valence-corrected chi connectivity index (χ4v) is 5.06. The van der Waals surface area contributed by atoms with Gasteiger partial charge in [-0.15, -0.1) is 11.3 Å². The molecular formula is C17H19N3OS2. The van der Waals surface area contributed by atoms with Gasteiger partial charge in [-0.2, -0.15) is 0 Å². The van der Waals surface area contributed by atoms with Gasteiger partial charge in [-0.05, 0) is 49.6 Å². The number of benzene rings is 1. The van der Waals surface area contributed by atoms with E-state index in [9.17, 15) is 4.79 Å². The molecule has 2 fully saturated rings. The van der Waals surface area contributed by atoms with Crippen LogP contribution in [0.15, 0.2) is 45.1 Å². The van der Waals surface area contributed by atoms with Crippen LogP contribution in [0.25, 0.3) is 0 Å². The Morgan fingerprint density at radius 2 is 2.17 bits per heavy atom. The van der Waals surface area contributed by atoms with Crippen LogP contribution in [0, 0.1) is 5.92 Å². The maximum atomic E-state index is 12.4. The summed E-state index contributed by atoms with van der Waals surface area (Å²) in [6.07, 6.45) is 4.22. The van der Waals surface area contributed by atoms with Crippen molar-refractivity contribution in [1.82, 2.24) is 15.2 Å². The minimum absolute atomic E-state index is 0.0447. The first-order chi connectivity index (χ1) is 11.3. The van der Waals surface area contributed by atoms with Gasteiger partial charge in [0.1, 0.15) is 0 Å². The molecule has 4 rings (SSSR count). The van der Waals surface area contributed by atoms with Crippen molar-refractivity contribution in [2.24, 2.45) is 5.92 Å². The lowest BCUT2D eigenvalue weighted by Crippen LogP contribution is -2.47. The smallest absolute Gasteiger partial charge is 0.251 e. The van der Waals surface area contributed by atoms with E-state index < -0.39 is 0 Å². The van der Waals surface area contributed by atoms with E-state index in [4.69, 9.17) is 0 Å². The zero-order chi connectivity index (χ0) is 15.6. The third-order valence-electron chi connectivity index (χ3n) is 4.53. The molecule has 120 valence electrons. The van der Waals surface area contributed by atoms with Crippen LogP contribution in [-0.4, -0.2) is 41.5 Å². The first-order valence-electron chi connectivity index (χ1n) is 7.97. The van der Waals surface area contributed by atoms with E-state index in [2.05, 4.69) is 15.2 Å². The largest absolute Gasteiger partial charge is 0.348 e. The van der Waals surface area contributed by atoms with Gasteiger partial charge < -0.3 is 10.2 Å². The molecule has 1 N–H and O–H groups in total. The molecule has 1 amide bonds. The van der Waals surface area contributed by atoms with Gasteiger partial charge in [-0.25, -0.2) is 4.98 Å². The van der Waals surface area contributed by atoms with Crippen LogP contribution in [0.3, 0.4) is 0 Å². The van der Waals surface area contributed by atoms with Crippen molar-refractivity contribution in [3.05, 3.63) is 41.4 Å². The second kappa shape index (κ2) is 6.63. The van der Waals surface area contributed by atoms with E-state index in [1.54, 1.807) is 23.1 Å². The van der Waals surface area contributed by atoms with Gasteiger partial charge in [-0.1, -0.05) is 11.8 Å². The highest BCUT2D eigenvalue weighted by Crippen LogP contribution is 2.29. The summed E-state index contributed by atoms with van der Waals surface area (Å²) in [5, 5.41) is 5.17. The van der Waals surface area contributed by atoms with Crippen LogP contribution in [-0.2, 0) is 0 Å². The quantitative estimate of drug-likeness (QED) is 0.925. The van der Waals surface area contributed by atoms with Gasteiger partial charge >= 0.3 is 0 Å². The summed E-state index contributed by atoms with van der Waals surface area (Å²) in [6, 6.07) is 8.10. The summed E-state index contributed by atoms with van der Waals surface area (Å²) < 4.78 is 1.02. The summed E-state index contributed by atoms with van der Waals surface area (Å²) >= 11 is 3.25. The lowest BCUT2D eigenvalue weighted by molar-refractivity contribution is 0.0909. The number of nitrogens with zero attached hydrogens (tertiary/aromatic N) is 2. The molecule has 1 unspecified atom stereocenters. The highest BCUT2D eigenvalue weighted by molar-refractivity contribution is 8.01. The standard InChI is InChI=1S/C17H19N3OS2/c21-16(19-14-9-12-5-7-20(10-12)11-14)13-1-3-15(4-2-13)23-17-18-6-8-22-17/h1-4,6,8,12,14H,5,7,9-11H2,(H,19,21)/t12-,14-/m1/s1. The van der Waals surface area contributed by atoms with Gasteiger partial charge in [0.15, 0.2) is 4.34 Å². The molecule has 2 aromatic rings. The summed E-state index contributed by atoms with van der Waals surface area (Å²) in [7, 11) is 0. The van der Waals surface area contributed by atoms with Crippen molar-refractivity contribution in [3.8, 4) is 0 Å². The van der Waals surface area contributed by atoms with Crippen LogP contribution >= 0.6 is 23.1 Å². The van der Waals surface area contributed by atoms with E-state index in [1.165, 1.54) is 19.5 Å². The Morgan fingerprint density at radius 3 is 2.91 bits per heavy atom. The summed E-state index contributed by atoms with van der Waals surface area (Å²) in [6.45, 7) is 3.41. The van der Waals surface area contributed by atoms with Gasteiger partial charge in [0, 0.05) is 41.2 Å². The van der Waals surface area contributed by atoms with Crippen LogP contribution in [0.4, 0.5) is 0 Å². The van der Waals surface area contributed by atoms with Gasteiger partial charge in [0.2, 0.25) is 0 Å². The molecule has 2 aliphatic heterocycles. The van der Waals surface area contributed by atoms with E-state index in [1.807, 2.05) is 35.8 Å². The number of rotatable bonds is 4. The Hall–Kier alpha value is -1.37. The van der Waals surface area contributed by atoms with E-state index in [0.717, 1.165) is 33.7 Å². The third-order valence-corrected chi connectivity index (χ3v) is 6.42. The second-order valence-corrected chi connectivity index (χ2v) is 8.46. The molecule has 1 aromatic carbocycles. The van der Waals surface area contributed by atoms with Gasteiger partial charge in [-0.3, -0.25) is 4.79 Å². The zero-order valence-electron chi connectivity index (χ0n) is 12.8. The molecule has 23 heavy (non-hydrogen) atoms. The fraction of sp³-hybridized carbons (Fsp3) is 0.412. The number of amides is 1. The number of aromatic nitrogens is 1. The highest BCUT2D eigenvalue weighted by atomic mass is 32.2. The molecule has 3 atom stereocenters. The maximum absolute atomic E-state index is 12.4. The average molecular weight is 345 g/mol.